The normalized spacial score (nSPS) is 11.4. The molecule has 0 saturated heterocycles. The first-order valence-corrected chi connectivity index (χ1v) is 2.70. The minimum Gasteiger partial charge on any atom is -0.299 e. The Morgan fingerprint density at radius 1 is 1.38 bits per heavy atom. The van der Waals surface area contributed by atoms with Gasteiger partial charge in [-0.25, -0.2) is 0 Å². The molecule has 0 fully saturated rings. The molecular formula is C6H14N2. The number of hydrogen-bond acceptors (Lipinski definition) is 2. The average molecular weight is 114 g/mol. The molecule has 2 N–H and O–H groups in total. The van der Waals surface area contributed by atoms with Crippen LogP contribution in [0.5, 0.6) is 0 Å². The highest BCUT2D eigenvalue weighted by atomic mass is 15.1. The first-order chi connectivity index (χ1) is 3.68. The van der Waals surface area contributed by atoms with E-state index in [2.05, 4.69) is 17.2 Å². The Morgan fingerprint density at radius 3 is 1.75 bits per heavy atom. The predicted molar refractivity (Wildman–Crippen MR) is 36.7 cm³/mol. The van der Waals surface area contributed by atoms with E-state index in [1.807, 2.05) is 27.1 Å². The topological polar surface area (TPSA) is 24.1 Å². The third-order valence-electron chi connectivity index (χ3n) is 1.45. The molecule has 0 spiro atoms. The summed E-state index contributed by atoms with van der Waals surface area (Å²) >= 11 is 0. The van der Waals surface area contributed by atoms with Crippen LogP contribution >= 0.6 is 0 Å². The quantitative estimate of drug-likeness (QED) is 0.408. The van der Waals surface area contributed by atoms with Gasteiger partial charge in [0.2, 0.25) is 0 Å². The van der Waals surface area contributed by atoms with E-state index >= 15 is 0 Å². The monoisotopic (exact) mass is 114 g/mol. The molecule has 48 valence electrons. The lowest BCUT2D eigenvalue weighted by atomic mass is 10.2. The van der Waals surface area contributed by atoms with E-state index in [9.17, 15) is 0 Å². The molecule has 2 nitrogen and oxygen atoms in total. The highest BCUT2D eigenvalue weighted by Crippen LogP contribution is 1.94. The zero-order valence-corrected chi connectivity index (χ0v) is 5.78. The summed E-state index contributed by atoms with van der Waals surface area (Å²) in [7, 11) is 3.77. The van der Waals surface area contributed by atoms with Crippen molar-refractivity contribution in [1.82, 2.24) is 10.6 Å². The molecule has 0 unspecified atom stereocenters. The van der Waals surface area contributed by atoms with Crippen molar-refractivity contribution < 1.29 is 0 Å². The van der Waals surface area contributed by atoms with E-state index < -0.39 is 0 Å². The molecule has 0 radical (unpaired) electrons. The van der Waals surface area contributed by atoms with Crippen LogP contribution in [0.3, 0.4) is 0 Å². The average Bonchev–Trinajstić information content (AvgIpc) is 1.87. The van der Waals surface area contributed by atoms with Gasteiger partial charge in [-0.05, 0) is 21.0 Å². The molecule has 2 heteroatoms. The maximum Gasteiger partial charge on any atom is 0.0842 e. The molecule has 0 aromatic carbocycles. The van der Waals surface area contributed by atoms with E-state index in [1.165, 1.54) is 0 Å². The van der Waals surface area contributed by atoms with Gasteiger partial charge in [-0.15, -0.1) is 0 Å². The minimum absolute atomic E-state index is 0.111. The maximum atomic E-state index is 3.65. The Kier molecular flexibility index (Phi) is 2.72. The molecule has 8 heavy (non-hydrogen) atoms. The molecule has 0 rings (SSSR count). The number of likely N-dealkylation sites (N-methyl/N-ethyl adjacent to an activating group) is 2. The van der Waals surface area contributed by atoms with Gasteiger partial charge in [-0.2, -0.15) is 0 Å². The van der Waals surface area contributed by atoms with Crippen molar-refractivity contribution >= 4 is 0 Å². The van der Waals surface area contributed by atoms with E-state index in [1.54, 1.807) is 0 Å². The van der Waals surface area contributed by atoms with Gasteiger partial charge in [0.25, 0.3) is 0 Å². The van der Waals surface area contributed by atoms with Gasteiger partial charge in [0, 0.05) is 0 Å². The van der Waals surface area contributed by atoms with Gasteiger partial charge >= 0.3 is 0 Å². The number of rotatable bonds is 3. The van der Waals surface area contributed by atoms with Crippen LogP contribution in [-0.2, 0) is 0 Å². The third kappa shape index (κ3) is 1.64. The van der Waals surface area contributed by atoms with E-state index in [4.69, 9.17) is 0 Å². The van der Waals surface area contributed by atoms with Crippen molar-refractivity contribution in [2.75, 3.05) is 14.1 Å². The zero-order valence-electron chi connectivity index (χ0n) is 5.78. The highest BCUT2D eigenvalue weighted by Gasteiger charge is 2.11. The summed E-state index contributed by atoms with van der Waals surface area (Å²) in [6.45, 7) is 5.66. The van der Waals surface area contributed by atoms with Crippen molar-refractivity contribution in [3.8, 4) is 0 Å². The lowest BCUT2D eigenvalue weighted by Crippen LogP contribution is -2.49. The first-order valence-electron chi connectivity index (χ1n) is 2.70. The number of hydrogen-bond donors (Lipinski definition) is 2. The van der Waals surface area contributed by atoms with Crippen molar-refractivity contribution in [1.29, 1.82) is 0 Å². The van der Waals surface area contributed by atoms with Crippen LogP contribution in [0.25, 0.3) is 0 Å². The summed E-state index contributed by atoms with van der Waals surface area (Å²) in [5, 5.41) is 6.10. The van der Waals surface area contributed by atoms with Gasteiger partial charge in [-0.1, -0.05) is 12.7 Å². The molecule has 0 bridgehead atoms. The summed E-state index contributed by atoms with van der Waals surface area (Å²) in [5.74, 6) is 0. The molecule has 0 aliphatic rings. The van der Waals surface area contributed by atoms with Crippen molar-refractivity contribution in [3.63, 3.8) is 0 Å². The summed E-state index contributed by atoms with van der Waals surface area (Å²) in [5.41, 5.74) is -0.111. The third-order valence-corrected chi connectivity index (χ3v) is 1.45. The molecule has 0 aromatic heterocycles. The standard InChI is InChI=1S/C6H14N2/c1-5-6(2,7-3)8-4/h5,7-8H,1H2,2-4H3. The molecule has 0 atom stereocenters. The van der Waals surface area contributed by atoms with E-state index in [0.29, 0.717) is 0 Å². The van der Waals surface area contributed by atoms with Crippen LogP contribution in [0.4, 0.5) is 0 Å². The molecule has 0 amide bonds. The SMILES string of the molecule is C=CC(C)(NC)NC. The second kappa shape index (κ2) is 2.84. The van der Waals surface area contributed by atoms with Crippen LogP contribution < -0.4 is 10.6 Å². The van der Waals surface area contributed by atoms with Gasteiger partial charge in [-0.3, -0.25) is 10.6 Å². The maximum absolute atomic E-state index is 3.65. The first kappa shape index (κ1) is 7.66. The van der Waals surface area contributed by atoms with Crippen molar-refractivity contribution in [2.24, 2.45) is 0 Å². The minimum atomic E-state index is -0.111. The second-order valence-corrected chi connectivity index (χ2v) is 1.91. The second-order valence-electron chi connectivity index (χ2n) is 1.91. The molecule has 0 aromatic rings. The lowest BCUT2D eigenvalue weighted by molar-refractivity contribution is 0.414. The van der Waals surface area contributed by atoms with Gasteiger partial charge in [0.15, 0.2) is 0 Å². The van der Waals surface area contributed by atoms with Crippen LogP contribution in [0.15, 0.2) is 12.7 Å². The Morgan fingerprint density at radius 2 is 1.75 bits per heavy atom. The Hall–Kier alpha value is -0.340. The lowest BCUT2D eigenvalue weighted by Gasteiger charge is -2.23. The fourth-order valence-electron chi connectivity index (χ4n) is 0.329. The van der Waals surface area contributed by atoms with Crippen LogP contribution in [0.2, 0.25) is 0 Å². The summed E-state index contributed by atoms with van der Waals surface area (Å²) in [4.78, 5) is 0. The molecular weight excluding hydrogens is 100 g/mol. The summed E-state index contributed by atoms with van der Waals surface area (Å²) in [6.07, 6.45) is 1.83. The number of nitrogens with one attached hydrogen (secondary N) is 2. The van der Waals surface area contributed by atoms with Gasteiger partial charge in [0.1, 0.15) is 0 Å². The Labute approximate surface area is 51.0 Å². The van der Waals surface area contributed by atoms with E-state index in [0.717, 1.165) is 0 Å². The highest BCUT2D eigenvalue weighted by molar-refractivity contribution is 4.94. The largest absolute Gasteiger partial charge is 0.299 e. The van der Waals surface area contributed by atoms with Crippen molar-refractivity contribution in [3.05, 3.63) is 12.7 Å². The summed E-state index contributed by atoms with van der Waals surface area (Å²) in [6, 6.07) is 0. The Bertz CT molecular complexity index is 74.6. The van der Waals surface area contributed by atoms with Crippen LogP contribution in [0, 0.1) is 0 Å². The van der Waals surface area contributed by atoms with Crippen LogP contribution in [0.1, 0.15) is 6.92 Å². The van der Waals surface area contributed by atoms with Gasteiger partial charge < -0.3 is 0 Å². The Balaban J connectivity index is 3.76. The fraction of sp³-hybridized carbons (Fsp3) is 0.667. The zero-order chi connectivity index (χ0) is 6.62. The molecule has 0 aliphatic heterocycles. The summed E-state index contributed by atoms with van der Waals surface area (Å²) < 4.78 is 0. The predicted octanol–water partition coefficient (Wildman–Crippen LogP) is 0.327. The van der Waals surface area contributed by atoms with Crippen molar-refractivity contribution in [2.45, 2.75) is 12.6 Å². The molecule has 0 aliphatic carbocycles. The fourth-order valence-corrected chi connectivity index (χ4v) is 0.329. The van der Waals surface area contributed by atoms with Crippen LogP contribution in [-0.4, -0.2) is 19.8 Å². The van der Waals surface area contributed by atoms with E-state index in [-0.39, 0.29) is 5.66 Å². The van der Waals surface area contributed by atoms with Gasteiger partial charge in [0.05, 0.1) is 5.66 Å². The molecule has 0 heterocycles. The molecule has 0 saturated carbocycles. The smallest absolute Gasteiger partial charge is 0.0842 e.